The largest absolute Gasteiger partial charge is 0.380 e. The molecule has 1 aliphatic carbocycles. The Morgan fingerprint density at radius 3 is 2.65 bits per heavy atom. The molecule has 2 heterocycles. The SMILES string of the molecule is CSc1nc(SC(c2cc(C)ccn2)C2CC2)nc(N)c1OS(C)(=O)=O. The summed E-state index contributed by atoms with van der Waals surface area (Å²) in [5, 5.41) is 1.04. The maximum Gasteiger partial charge on any atom is 0.306 e. The number of nitrogen functional groups attached to an aromatic ring is 1. The zero-order chi connectivity index (χ0) is 18.9. The summed E-state index contributed by atoms with van der Waals surface area (Å²) in [5.41, 5.74) is 8.11. The first-order valence-corrected chi connectivity index (χ1v) is 11.9. The summed E-state index contributed by atoms with van der Waals surface area (Å²) in [6.45, 7) is 2.04. The van der Waals surface area contributed by atoms with Gasteiger partial charge in [-0.2, -0.15) is 8.42 Å². The molecule has 2 aromatic heterocycles. The number of thioether (sulfide) groups is 2. The average molecular weight is 413 g/mol. The van der Waals surface area contributed by atoms with Crippen molar-refractivity contribution in [3.63, 3.8) is 0 Å². The van der Waals surface area contributed by atoms with Gasteiger partial charge in [-0.15, -0.1) is 11.8 Å². The number of anilines is 1. The van der Waals surface area contributed by atoms with Crippen molar-refractivity contribution in [3.05, 3.63) is 29.6 Å². The number of aromatic nitrogens is 3. The van der Waals surface area contributed by atoms with Crippen LogP contribution >= 0.6 is 23.5 Å². The van der Waals surface area contributed by atoms with Gasteiger partial charge in [0.25, 0.3) is 0 Å². The fourth-order valence-corrected chi connectivity index (χ4v) is 4.80. The first-order valence-electron chi connectivity index (χ1n) is 7.97. The van der Waals surface area contributed by atoms with Gasteiger partial charge in [0, 0.05) is 6.20 Å². The Bertz CT molecular complexity index is 917. The van der Waals surface area contributed by atoms with Crippen LogP contribution in [0, 0.1) is 12.8 Å². The lowest BCUT2D eigenvalue weighted by Crippen LogP contribution is -2.11. The van der Waals surface area contributed by atoms with Crippen LogP contribution in [0.1, 0.15) is 29.3 Å². The van der Waals surface area contributed by atoms with E-state index in [-0.39, 0.29) is 16.8 Å². The molecule has 3 rings (SSSR count). The summed E-state index contributed by atoms with van der Waals surface area (Å²) in [5.74, 6) is 0.536. The molecule has 0 saturated heterocycles. The zero-order valence-electron chi connectivity index (χ0n) is 14.7. The second-order valence-corrected chi connectivity index (χ2v) is 9.63. The van der Waals surface area contributed by atoms with Crippen molar-refractivity contribution in [2.24, 2.45) is 5.92 Å². The van der Waals surface area contributed by atoms with Crippen molar-refractivity contribution in [3.8, 4) is 5.75 Å². The van der Waals surface area contributed by atoms with E-state index < -0.39 is 10.1 Å². The highest BCUT2D eigenvalue weighted by Gasteiger charge is 2.35. The van der Waals surface area contributed by atoms with Crippen LogP contribution in [0.25, 0.3) is 0 Å². The molecule has 0 amide bonds. The number of nitrogens with zero attached hydrogens (tertiary/aromatic N) is 3. The van der Waals surface area contributed by atoms with Crippen LogP contribution in [0.5, 0.6) is 5.75 Å². The summed E-state index contributed by atoms with van der Waals surface area (Å²) in [4.78, 5) is 13.2. The van der Waals surface area contributed by atoms with E-state index in [1.54, 1.807) is 6.26 Å². The lowest BCUT2D eigenvalue weighted by Gasteiger charge is -2.16. The van der Waals surface area contributed by atoms with Crippen molar-refractivity contribution in [1.29, 1.82) is 0 Å². The molecular formula is C16H20N4O3S3. The quantitative estimate of drug-likeness (QED) is 0.317. The minimum Gasteiger partial charge on any atom is -0.380 e. The van der Waals surface area contributed by atoms with E-state index in [9.17, 15) is 8.42 Å². The summed E-state index contributed by atoms with van der Waals surface area (Å²) in [7, 11) is -3.71. The first-order chi connectivity index (χ1) is 12.3. The molecule has 26 heavy (non-hydrogen) atoms. The molecule has 1 unspecified atom stereocenters. The van der Waals surface area contributed by atoms with Gasteiger partial charge in [0.2, 0.25) is 5.75 Å². The second-order valence-electron chi connectivity index (χ2n) is 6.15. The maximum absolute atomic E-state index is 11.4. The van der Waals surface area contributed by atoms with Crippen LogP contribution in [0.15, 0.2) is 28.5 Å². The van der Waals surface area contributed by atoms with E-state index in [0.29, 0.717) is 16.1 Å². The van der Waals surface area contributed by atoms with Gasteiger partial charge in [-0.1, -0.05) is 11.8 Å². The van der Waals surface area contributed by atoms with Crippen molar-refractivity contribution in [2.45, 2.75) is 35.2 Å². The van der Waals surface area contributed by atoms with E-state index in [0.717, 1.165) is 30.4 Å². The van der Waals surface area contributed by atoms with Crippen molar-refractivity contribution in [2.75, 3.05) is 18.2 Å². The van der Waals surface area contributed by atoms with Gasteiger partial charge in [0.15, 0.2) is 11.0 Å². The molecule has 0 radical (unpaired) electrons. The highest BCUT2D eigenvalue weighted by Crippen LogP contribution is 2.50. The Balaban J connectivity index is 1.92. The number of hydrogen-bond acceptors (Lipinski definition) is 9. The van der Waals surface area contributed by atoms with E-state index in [1.807, 2.05) is 19.2 Å². The topological polar surface area (TPSA) is 108 Å². The van der Waals surface area contributed by atoms with Crippen LogP contribution in [0.2, 0.25) is 0 Å². The van der Waals surface area contributed by atoms with Crippen molar-refractivity contribution >= 4 is 39.5 Å². The zero-order valence-corrected chi connectivity index (χ0v) is 17.1. The summed E-state index contributed by atoms with van der Waals surface area (Å²) in [6, 6.07) is 4.05. The fraction of sp³-hybridized carbons (Fsp3) is 0.438. The Kier molecular flexibility index (Phi) is 5.64. The van der Waals surface area contributed by atoms with Gasteiger partial charge in [-0.05, 0) is 49.6 Å². The molecule has 0 bridgehead atoms. The Hall–Kier alpha value is -1.52. The molecule has 0 aromatic carbocycles. The Labute approximate surface area is 161 Å². The molecule has 0 aliphatic heterocycles. The molecule has 2 N–H and O–H groups in total. The van der Waals surface area contributed by atoms with Crippen molar-refractivity contribution < 1.29 is 12.6 Å². The third-order valence-corrected chi connectivity index (χ3v) is 6.19. The molecule has 1 saturated carbocycles. The predicted octanol–water partition coefficient (Wildman–Crippen LogP) is 3.07. The van der Waals surface area contributed by atoms with Gasteiger partial charge < -0.3 is 9.92 Å². The molecule has 7 nitrogen and oxygen atoms in total. The maximum atomic E-state index is 11.4. The second kappa shape index (κ2) is 7.61. The lowest BCUT2D eigenvalue weighted by atomic mass is 10.1. The first kappa shape index (κ1) is 19.2. The third kappa shape index (κ3) is 4.80. The van der Waals surface area contributed by atoms with Gasteiger partial charge in [0.1, 0.15) is 5.03 Å². The van der Waals surface area contributed by atoms with E-state index in [2.05, 4.69) is 21.0 Å². The highest BCUT2D eigenvalue weighted by atomic mass is 32.2. The highest BCUT2D eigenvalue weighted by molar-refractivity contribution is 7.99. The molecule has 10 heteroatoms. The summed E-state index contributed by atoms with van der Waals surface area (Å²) in [6.07, 6.45) is 6.85. The smallest absolute Gasteiger partial charge is 0.306 e. The monoisotopic (exact) mass is 412 g/mol. The summed E-state index contributed by atoms with van der Waals surface area (Å²) >= 11 is 2.77. The van der Waals surface area contributed by atoms with Crippen molar-refractivity contribution in [1.82, 2.24) is 15.0 Å². The van der Waals surface area contributed by atoms with Gasteiger partial charge in [0.05, 0.1) is 17.2 Å². The minimum atomic E-state index is -3.71. The Morgan fingerprint density at radius 2 is 2.08 bits per heavy atom. The van der Waals surface area contributed by atoms with Gasteiger partial charge >= 0.3 is 10.1 Å². The molecule has 1 atom stereocenters. The van der Waals surface area contributed by atoms with E-state index in [4.69, 9.17) is 9.92 Å². The molecule has 2 aromatic rings. The molecular weight excluding hydrogens is 392 g/mol. The van der Waals surface area contributed by atoms with E-state index >= 15 is 0 Å². The third-order valence-electron chi connectivity index (χ3n) is 3.78. The normalized spacial score (nSPS) is 15.7. The fourth-order valence-electron chi connectivity index (χ4n) is 2.47. The van der Waals surface area contributed by atoms with Crippen LogP contribution in [0.4, 0.5) is 5.82 Å². The van der Waals surface area contributed by atoms with E-state index in [1.165, 1.54) is 23.5 Å². The predicted molar refractivity (Wildman–Crippen MR) is 104 cm³/mol. The van der Waals surface area contributed by atoms with Crippen LogP contribution in [-0.4, -0.2) is 35.9 Å². The van der Waals surface area contributed by atoms with Crippen LogP contribution < -0.4 is 9.92 Å². The molecule has 1 aliphatic rings. The molecule has 0 spiro atoms. The summed E-state index contributed by atoms with van der Waals surface area (Å²) < 4.78 is 27.8. The minimum absolute atomic E-state index is 0.0130. The number of nitrogens with two attached hydrogens (primary N) is 1. The lowest BCUT2D eigenvalue weighted by molar-refractivity contribution is 0.482. The number of rotatable bonds is 7. The number of pyridine rings is 1. The number of hydrogen-bond donors (Lipinski definition) is 1. The van der Waals surface area contributed by atoms with Gasteiger partial charge in [-0.3, -0.25) is 4.98 Å². The molecule has 140 valence electrons. The van der Waals surface area contributed by atoms with Gasteiger partial charge in [-0.25, -0.2) is 9.97 Å². The van der Waals surface area contributed by atoms with Crippen LogP contribution in [0.3, 0.4) is 0 Å². The van der Waals surface area contributed by atoms with Crippen LogP contribution in [-0.2, 0) is 10.1 Å². The Morgan fingerprint density at radius 1 is 1.35 bits per heavy atom. The standard InChI is InChI=1S/C16H20N4O3S3/c1-9-6-7-18-11(8-9)13(10-4-5-10)25-16-19-14(17)12(15(20-16)24-2)23-26(3,21)22/h6-8,10,13H,4-5H2,1-3H3,(H2,17,19,20). The number of aryl methyl sites for hydroxylation is 1. The molecule has 1 fully saturated rings. The average Bonchev–Trinajstić information content (AvgIpc) is 3.38.